The molecule has 1 aliphatic rings. The molecule has 10 nitrogen and oxygen atoms in total. The van der Waals surface area contributed by atoms with Gasteiger partial charge in [0.2, 0.25) is 0 Å². The lowest BCUT2D eigenvalue weighted by Crippen LogP contribution is -2.36. The summed E-state index contributed by atoms with van der Waals surface area (Å²) < 4.78 is 29.1. The zero-order chi connectivity index (χ0) is 24.0. The molecular weight excluding hydrogens is 460 g/mol. The molecule has 1 aromatic heterocycles. The number of hydrogen-bond donors (Lipinski definition) is 1. The quantitative estimate of drug-likeness (QED) is 0.354. The molecule has 11 heteroatoms. The summed E-state index contributed by atoms with van der Waals surface area (Å²) in [5.41, 5.74) is -0.730. The summed E-state index contributed by atoms with van der Waals surface area (Å²) >= 11 is 0. The minimum absolute atomic E-state index is 0.0334. The van der Waals surface area contributed by atoms with Crippen molar-refractivity contribution in [1.82, 2.24) is 9.55 Å². The van der Waals surface area contributed by atoms with Crippen LogP contribution in [0.25, 0.3) is 16.6 Å². The number of sulfonamides is 1. The Morgan fingerprint density at radius 1 is 0.971 bits per heavy atom. The standard InChI is InChI=1S/C23H18N4O6S/c28-22-18-10-4-12-20(27(30)31)21(18)24-23(29)26(22)16-8-3-9-17(14-16)34(32,33)25-13-5-7-15-6-1-2-11-19(15)25/h1-4,6,8-12,14H,5,7,13H2,(H,24,29). The van der Waals surface area contributed by atoms with Gasteiger partial charge < -0.3 is 4.98 Å². The maximum absolute atomic E-state index is 13.5. The lowest BCUT2D eigenvalue weighted by molar-refractivity contribution is -0.383. The molecule has 0 unspecified atom stereocenters. The topological polar surface area (TPSA) is 135 Å². The first-order valence-electron chi connectivity index (χ1n) is 10.4. The average Bonchev–Trinajstić information content (AvgIpc) is 2.83. The number of nitro benzene ring substituents is 1. The number of hydrogen-bond acceptors (Lipinski definition) is 6. The fraction of sp³-hybridized carbons (Fsp3) is 0.130. The Labute approximate surface area is 192 Å². The van der Waals surface area contributed by atoms with Crippen LogP contribution in [0.3, 0.4) is 0 Å². The molecule has 0 saturated heterocycles. The van der Waals surface area contributed by atoms with Gasteiger partial charge in [0, 0.05) is 12.6 Å². The second-order valence-corrected chi connectivity index (χ2v) is 9.70. The molecule has 1 aliphatic heterocycles. The zero-order valence-electron chi connectivity index (χ0n) is 17.7. The largest absolute Gasteiger partial charge is 0.333 e. The number of non-ortho nitro benzene ring substituents is 1. The van der Waals surface area contributed by atoms with Crippen LogP contribution in [0.15, 0.2) is 81.2 Å². The highest BCUT2D eigenvalue weighted by Crippen LogP contribution is 2.32. The maximum Gasteiger partial charge on any atom is 0.333 e. The van der Waals surface area contributed by atoms with Crippen LogP contribution in [0.2, 0.25) is 0 Å². The van der Waals surface area contributed by atoms with E-state index in [4.69, 9.17) is 0 Å². The van der Waals surface area contributed by atoms with Crippen LogP contribution in [0, 0.1) is 10.1 Å². The number of H-pyrrole nitrogens is 1. The molecule has 3 aromatic carbocycles. The first kappa shape index (κ1) is 21.6. The lowest BCUT2D eigenvalue weighted by Gasteiger charge is -2.30. The van der Waals surface area contributed by atoms with E-state index in [0.29, 0.717) is 18.7 Å². The maximum atomic E-state index is 13.5. The number of aromatic nitrogens is 2. The Morgan fingerprint density at radius 3 is 2.53 bits per heavy atom. The number of rotatable bonds is 4. The fourth-order valence-corrected chi connectivity index (χ4v) is 5.85. The summed E-state index contributed by atoms with van der Waals surface area (Å²) in [7, 11) is -3.98. The molecule has 0 saturated carbocycles. The van der Waals surface area contributed by atoms with Crippen LogP contribution in [-0.4, -0.2) is 29.4 Å². The number of aryl methyl sites for hydroxylation is 1. The molecule has 0 fully saturated rings. The first-order valence-corrected chi connectivity index (χ1v) is 11.9. The Balaban J connectivity index is 1.66. The number of nitro groups is 1. The van der Waals surface area contributed by atoms with Crippen molar-refractivity contribution in [1.29, 1.82) is 0 Å². The SMILES string of the molecule is O=c1[nH]c2c([N+](=O)[O-])cccc2c(=O)n1-c1cccc(S(=O)(=O)N2CCCc3ccccc32)c1. The highest BCUT2D eigenvalue weighted by Gasteiger charge is 2.29. The number of aromatic amines is 1. The van der Waals surface area contributed by atoms with Crippen LogP contribution >= 0.6 is 0 Å². The molecule has 172 valence electrons. The van der Waals surface area contributed by atoms with E-state index in [9.17, 15) is 28.1 Å². The van der Waals surface area contributed by atoms with Crippen molar-refractivity contribution in [3.8, 4) is 5.69 Å². The smallest absolute Gasteiger partial charge is 0.301 e. The third kappa shape index (κ3) is 3.37. The van der Waals surface area contributed by atoms with E-state index in [1.807, 2.05) is 12.1 Å². The lowest BCUT2D eigenvalue weighted by atomic mass is 10.0. The van der Waals surface area contributed by atoms with Gasteiger partial charge in [-0.05, 0) is 48.7 Å². The van der Waals surface area contributed by atoms with E-state index < -0.39 is 31.9 Å². The van der Waals surface area contributed by atoms with Gasteiger partial charge in [-0.3, -0.25) is 19.2 Å². The Bertz CT molecular complexity index is 1690. The van der Waals surface area contributed by atoms with E-state index in [0.717, 1.165) is 16.6 Å². The molecule has 0 amide bonds. The molecule has 0 spiro atoms. The Kier molecular flexibility index (Phi) is 5.05. The highest BCUT2D eigenvalue weighted by atomic mass is 32.2. The summed E-state index contributed by atoms with van der Waals surface area (Å²) in [6.45, 7) is 0.309. The Morgan fingerprint density at radius 2 is 1.74 bits per heavy atom. The molecule has 0 aliphatic carbocycles. The van der Waals surface area contributed by atoms with Crippen molar-refractivity contribution < 1.29 is 13.3 Å². The van der Waals surface area contributed by atoms with Crippen molar-refractivity contribution in [3.05, 3.63) is 103 Å². The molecule has 0 atom stereocenters. The molecule has 4 aromatic rings. The minimum Gasteiger partial charge on any atom is -0.301 e. The van der Waals surface area contributed by atoms with Crippen LogP contribution < -0.4 is 15.6 Å². The number of para-hydroxylation sites is 2. The summed E-state index contributed by atoms with van der Waals surface area (Å²) in [4.78, 5) is 38.8. The van der Waals surface area contributed by atoms with E-state index in [2.05, 4.69) is 4.98 Å². The number of fused-ring (bicyclic) bond motifs is 2. The van der Waals surface area contributed by atoms with Gasteiger partial charge in [0.1, 0.15) is 5.52 Å². The van der Waals surface area contributed by atoms with Gasteiger partial charge in [0.25, 0.3) is 21.3 Å². The third-order valence-electron chi connectivity index (χ3n) is 5.84. The first-order chi connectivity index (χ1) is 16.3. The molecule has 5 rings (SSSR count). The Hall–Kier alpha value is -4.25. The van der Waals surface area contributed by atoms with Crippen molar-refractivity contribution in [2.24, 2.45) is 0 Å². The van der Waals surface area contributed by atoms with Crippen molar-refractivity contribution in [2.45, 2.75) is 17.7 Å². The van der Waals surface area contributed by atoms with Crippen LogP contribution in [-0.2, 0) is 16.4 Å². The molecule has 1 N–H and O–H groups in total. The van der Waals surface area contributed by atoms with Gasteiger partial charge >= 0.3 is 5.69 Å². The van der Waals surface area contributed by atoms with Gasteiger partial charge in [-0.1, -0.05) is 30.3 Å². The molecule has 0 bridgehead atoms. The number of benzene rings is 3. The average molecular weight is 478 g/mol. The second kappa shape index (κ2) is 7.96. The van der Waals surface area contributed by atoms with E-state index in [1.165, 1.54) is 46.8 Å². The summed E-state index contributed by atoms with van der Waals surface area (Å²) in [5.74, 6) is 0. The van der Waals surface area contributed by atoms with Gasteiger partial charge in [-0.25, -0.2) is 17.8 Å². The van der Waals surface area contributed by atoms with Gasteiger partial charge in [0.15, 0.2) is 0 Å². The normalized spacial score (nSPS) is 13.6. The third-order valence-corrected chi connectivity index (χ3v) is 7.65. The molecule has 2 heterocycles. The van der Waals surface area contributed by atoms with Crippen molar-refractivity contribution in [2.75, 3.05) is 10.8 Å². The highest BCUT2D eigenvalue weighted by molar-refractivity contribution is 7.92. The fourth-order valence-electron chi connectivity index (χ4n) is 4.27. The van der Waals surface area contributed by atoms with Gasteiger partial charge in [-0.15, -0.1) is 0 Å². The van der Waals surface area contributed by atoms with Crippen LogP contribution in [0.1, 0.15) is 12.0 Å². The van der Waals surface area contributed by atoms with E-state index in [-0.39, 0.29) is 21.5 Å². The van der Waals surface area contributed by atoms with Gasteiger partial charge in [0.05, 0.1) is 26.6 Å². The predicted molar refractivity (Wildman–Crippen MR) is 126 cm³/mol. The predicted octanol–water partition coefficient (Wildman–Crippen LogP) is 2.73. The molecular formula is C23H18N4O6S. The number of nitrogens with zero attached hydrogens (tertiary/aromatic N) is 3. The molecule has 0 radical (unpaired) electrons. The number of anilines is 1. The van der Waals surface area contributed by atoms with Crippen molar-refractivity contribution >= 4 is 32.3 Å². The monoisotopic (exact) mass is 478 g/mol. The second-order valence-electron chi connectivity index (χ2n) is 7.83. The number of nitrogens with one attached hydrogen (secondary N) is 1. The zero-order valence-corrected chi connectivity index (χ0v) is 18.5. The minimum atomic E-state index is -3.98. The van der Waals surface area contributed by atoms with Crippen molar-refractivity contribution in [3.63, 3.8) is 0 Å². The van der Waals surface area contributed by atoms with Crippen LogP contribution in [0.5, 0.6) is 0 Å². The summed E-state index contributed by atoms with van der Waals surface area (Å²) in [6, 6.07) is 16.7. The van der Waals surface area contributed by atoms with Crippen LogP contribution in [0.4, 0.5) is 11.4 Å². The summed E-state index contributed by atoms with van der Waals surface area (Å²) in [5, 5.41) is 11.2. The summed E-state index contributed by atoms with van der Waals surface area (Å²) in [6.07, 6.45) is 1.44. The van der Waals surface area contributed by atoms with E-state index in [1.54, 1.807) is 12.1 Å². The van der Waals surface area contributed by atoms with Gasteiger partial charge in [-0.2, -0.15) is 0 Å². The molecule has 34 heavy (non-hydrogen) atoms. The van der Waals surface area contributed by atoms with E-state index >= 15 is 0 Å².